The molecule has 0 radical (unpaired) electrons. The molecule has 4 aromatic rings. The molecule has 1 fully saturated rings. The maximum atomic E-state index is 13.4. The van der Waals surface area contributed by atoms with Gasteiger partial charge in [0.2, 0.25) is 0 Å². The molecule has 1 aliphatic rings. The SMILES string of the molecule is CCOCCOCCCCCN1CCN(C(=O)c2ccc(Cc3nc(-c4cccc(NC(=O)c5ccc(C(C)(C)C)cc5)c4C)cn(C)c3=O)cc2)CC1. The Kier molecular flexibility index (Phi) is 14.3. The quantitative estimate of drug-likeness (QED) is 0.125. The Morgan fingerprint density at radius 3 is 2.20 bits per heavy atom. The molecule has 3 aromatic carbocycles. The molecule has 54 heavy (non-hydrogen) atoms. The summed E-state index contributed by atoms with van der Waals surface area (Å²) in [4.78, 5) is 49.0. The highest BCUT2D eigenvalue weighted by molar-refractivity contribution is 6.05. The van der Waals surface area contributed by atoms with Gasteiger partial charge in [-0.05, 0) is 92.1 Å². The van der Waals surface area contributed by atoms with E-state index in [1.165, 1.54) is 0 Å². The largest absolute Gasteiger partial charge is 0.379 e. The van der Waals surface area contributed by atoms with E-state index in [1.54, 1.807) is 17.8 Å². The van der Waals surface area contributed by atoms with Crippen LogP contribution in [0.1, 0.15) is 90.1 Å². The van der Waals surface area contributed by atoms with Crippen molar-refractivity contribution in [1.82, 2.24) is 19.4 Å². The minimum atomic E-state index is -0.188. The number of hydrogen-bond acceptors (Lipinski definition) is 7. The molecule has 0 atom stereocenters. The first-order valence-electron chi connectivity index (χ1n) is 19.3. The van der Waals surface area contributed by atoms with Gasteiger partial charge in [-0.3, -0.25) is 19.3 Å². The third-order valence-corrected chi connectivity index (χ3v) is 10.1. The van der Waals surface area contributed by atoms with Gasteiger partial charge >= 0.3 is 0 Å². The molecule has 0 bridgehead atoms. The molecule has 1 aliphatic heterocycles. The van der Waals surface area contributed by atoms with Crippen molar-refractivity contribution in [2.24, 2.45) is 7.05 Å². The number of ether oxygens (including phenoxy) is 2. The van der Waals surface area contributed by atoms with Crippen LogP contribution in [-0.4, -0.2) is 90.3 Å². The second-order valence-corrected chi connectivity index (χ2v) is 15.1. The summed E-state index contributed by atoms with van der Waals surface area (Å²) in [7, 11) is 1.72. The number of benzene rings is 3. The third kappa shape index (κ3) is 11.0. The summed E-state index contributed by atoms with van der Waals surface area (Å²) >= 11 is 0. The number of nitrogens with zero attached hydrogens (tertiary/aromatic N) is 4. The van der Waals surface area contributed by atoms with Crippen molar-refractivity contribution in [2.75, 3.05) is 64.5 Å². The molecule has 0 spiro atoms. The summed E-state index contributed by atoms with van der Waals surface area (Å²) in [6.07, 6.45) is 5.37. The Labute approximate surface area is 320 Å². The van der Waals surface area contributed by atoms with Gasteiger partial charge in [-0.1, -0.05) is 57.2 Å². The fraction of sp³-hybridized carbons (Fsp3) is 0.455. The van der Waals surface area contributed by atoms with E-state index in [1.807, 2.05) is 85.5 Å². The average Bonchev–Trinajstić information content (AvgIpc) is 3.16. The smallest absolute Gasteiger partial charge is 0.272 e. The molecule has 2 heterocycles. The molecule has 288 valence electrons. The lowest BCUT2D eigenvalue weighted by molar-refractivity contribution is 0.0506. The van der Waals surface area contributed by atoms with Gasteiger partial charge in [-0.15, -0.1) is 0 Å². The van der Waals surface area contributed by atoms with E-state index < -0.39 is 0 Å². The Morgan fingerprint density at radius 1 is 0.833 bits per heavy atom. The summed E-state index contributed by atoms with van der Waals surface area (Å²) in [5.74, 6) is -0.155. The standard InChI is InChI=1S/C44H57N5O5/c1-7-53-28-29-54-27-10-8-9-22-48-23-25-49(26-24-48)42(51)35-16-14-33(15-17-35)30-39-43(52)47(6)31-40(45-39)37-12-11-13-38(32(37)2)46-41(50)34-18-20-36(21-19-34)44(3,4)5/h11-21,31H,7-10,22-30H2,1-6H3,(H,46,50). The summed E-state index contributed by atoms with van der Waals surface area (Å²) in [6.45, 7) is 17.4. The number of unbranched alkanes of at least 4 members (excludes halogenated alkanes) is 2. The highest BCUT2D eigenvalue weighted by Crippen LogP contribution is 2.28. The Balaban J connectivity index is 1.16. The number of amides is 2. The van der Waals surface area contributed by atoms with Gasteiger partial charge in [0.15, 0.2) is 0 Å². The molecule has 0 saturated carbocycles. The summed E-state index contributed by atoms with van der Waals surface area (Å²) < 4.78 is 12.4. The monoisotopic (exact) mass is 735 g/mol. The first kappa shape index (κ1) is 40.5. The van der Waals surface area contributed by atoms with Crippen LogP contribution >= 0.6 is 0 Å². The van der Waals surface area contributed by atoms with Crippen molar-refractivity contribution in [3.8, 4) is 11.3 Å². The minimum Gasteiger partial charge on any atom is -0.379 e. The first-order chi connectivity index (χ1) is 25.9. The molecule has 1 saturated heterocycles. The Morgan fingerprint density at radius 2 is 1.52 bits per heavy atom. The van der Waals surface area contributed by atoms with Crippen LogP contribution in [0.5, 0.6) is 0 Å². The van der Waals surface area contributed by atoms with Gasteiger partial charge in [0.25, 0.3) is 17.4 Å². The number of rotatable bonds is 16. The van der Waals surface area contributed by atoms with E-state index in [0.29, 0.717) is 60.9 Å². The van der Waals surface area contributed by atoms with Gasteiger partial charge in [-0.25, -0.2) is 4.98 Å². The Bertz CT molecular complexity index is 1910. The van der Waals surface area contributed by atoms with E-state index in [9.17, 15) is 14.4 Å². The van der Waals surface area contributed by atoms with E-state index in [0.717, 1.165) is 74.4 Å². The molecule has 0 unspecified atom stereocenters. The van der Waals surface area contributed by atoms with Crippen molar-refractivity contribution >= 4 is 17.5 Å². The maximum Gasteiger partial charge on any atom is 0.272 e. The highest BCUT2D eigenvalue weighted by Gasteiger charge is 2.22. The summed E-state index contributed by atoms with van der Waals surface area (Å²) in [5, 5.41) is 3.06. The van der Waals surface area contributed by atoms with Crippen LogP contribution in [0.3, 0.4) is 0 Å². The van der Waals surface area contributed by atoms with Crippen LogP contribution in [0.4, 0.5) is 5.69 Å². The number of nitrogens with one attached hydrogen (secondary N) is 1. The lowest BCUT2D eigenvalue weighted by atomic mass is 9.86. The van der Waals surface area contributed by atoms with Gasteiger partial charge < -0.3 is 24.3 Å². The van der Waals surface area contributed by atoms with E-state index in [2.05, 4.69) is 31.0 Å². The maximum absolute atomic E-state index is 13.4. The number of aromatic nitrogens is 2. The summed E-state index contributed by atoms with van der Waals surface area (Å²) in [5.41, 5.74) is 6.53. The average molecular weight is 736 g/mol. The van der Waals surface area contributed by atoms with Crippen LogP contribution in [0, 0.1) is 6.92 Å². The van der Waals surface area contributed by atoms with Crippen molar-refractivity contribution in [3.63, 3.8) is 0 Å². The fourth-order valence-corrected chi connectivity index (χ4v) is 6.67. The number of hydrogen-bond donors (Lipinski definition) is 1. The highest BCUT2D eigenvalue weighted by atomic mass is 16.5. The van der Waals surface area contributed by atoms with Gasteiger partial charge in [-0.2, -0.15) is 0 Å². The van der Waals surface area contributed by atoms with E-state index >= 15 is 0 Å². The molecule has 2 amide bonds. The zero-order valence-corrected chi connectivity index (χ0v) is 33.0. The normalized spacial score (nSPS) is 13.6. The third-order valence-electron chi connectivity index (χ3n) is 10.1. The second-order valence-electron chi connectivity index (χ2n) is 15.1. The zero-order valence-electron chi connectivity index (χ0n) is 33.0. The van der Waals surface area contributed by atoms with E-state index in [-0.39, 0.29) is 22.8 Å². The first-order valence-corrected chi connectivity index (χ1v) is 19.3. The predicted molar refractivity (Wildman–Crippen MR) is 216 cm³/mol. The Hall–Kier alpha value is -4.64. The summed E-state index contributed by atoms with van der Waals surface area (Å²) in [6, 6.07) is 20.9. The topological polar surface area (TPSA) is 106 Å². The van der Waals surface area contributed by atoms with Crippen LogP contribution < -0.4 is 10.9 Å². The molecule has 1 N–H and O–H groups in total. The van der Waals surface area contributed by atoms with Crippen molar-refractivity contribution in [1.29, 1.82) is 0 Å². The number of carbonyl (C=O) groups is 2. The van der Waals surface area contributed by atoms with Crippen molar-refractivity contribution in [2.45, 2.75) is 65.7 Å². The number of anilines is 1. The molecule has 1 aromatic heterocycles. The molecular weight excluding hydrogens is 679 g/mol. The molecule has 0 aliphatic carbocycles. The van der Waals surface area contributed by atoms with Gasteiger partial charge in [0, 0.05) is 81.4 Å². The number of carbonyl (C=O) groups excluding carboxylic acids is 2. The number of piperazine rings is 1. The van der Waals surface area contributed by atoms with Crippen molar-refractivity contribution < 1.29 is 19.1 Å². The van der Waals surface area contributed by atoms with Crippen LogP contribution in [0.15, 0.2) is 77.7 Å². The van der Waals surface area contributed by atoms with Crippen LogP contribution in [0.2, 0.25) is 0 Å². The lowest BCUT2D eigenvalue weighted by Gasteiger charge is -2.34. The van der Waals surface area contributed by atoms with Crippen molar-refractivity contribution in [3.05, 3.63) is 117 Å². The fourth-order valence-electron chi connectivity index (χ4n) is 6.67. The van der Waals surface area contributed by atoms with Gasteiger partial charge in [0.05, 0.1) is 18.9 Å². The minimum absolute atomic E-state index is 0.00172. The molecular formula is C44H57N5O5. The van der Waals surface area contributed by atoms with Crippen LogP contribution in [-0.2, 0) is 28.4 Å². The molecule has 10 nitrogen and oxygen atoms in total. The predicted octanol–water partition coefficient (Wildman–Crippen LogP) is 6.88. The second kappa shape index (κ2) is 19.1. The van der Waals surface area contributed by atoms with E-state index in [4.69, 9.17) is 14.5 Å². The molecule has 10 heteroatoms. The molecule has 5 rings (SSSR count). The number of aryl methyl sites for hydroxylation is 1. The van der Waals surface area contributed by atoms with Crippen LogP contribution in [0.25, 0.3) is 11.3 Å². The van der Waals surface area contributed by atoms with Gasteiger partial charge in [0.1, 0.15) is 5.69 Å². The lowest BCUT2D eigenvalue weighted by Crippen LogP contribution is -2.48. The zero-order chi connectivity index (χ0) is 38.7.